The number of hydrogen-bond donors (Lipinski definition) is 2. The van der Waals surface area contributed by atoms with Crippen LogP contribution in [0.3, 0.4) is 0 Å². The minimum absolute atomic E-state index is 0. The van der Waals surface area contributed by atoms with E-state index >= 15 is 0 Å². The average Bonchev–Trinajstić information content (AvgIpc) is 2.82. The fraction of sp³-hybridized carbons (Fsp3) is 0.250. The maximum absolute atomic E-state index is 4.46. The Hall–Kier alpha value is -1.92. The van der Waals surface area contributed by atoms with E-state index in [1.54, 1.807) is 0 Å². The fourth-order valence-electron chi connectivity index (χ4n) is 1.88. The predicted molar refractivity (Wildman–Crippen MR) is 79.1 cm³/mol. The summed E-state index contributed by atoms with van der Waals surface area (Å²) in [5.41, 5.74) is 1.91. The molecule has 0 spiro atoms. The van der Waals surface area contributed by atoms with Crippen LogP contribution in [0.4, 0.5) is 5.95 Å². The third kappa shape index (κ3) is 3.10. The van der Waals surface area contributed by atoms with E-state index in [2.05, 4.69) is 25.6 Å². The lowest BCUT2D eigenvalue weighted by Crippen LogP contribution is -2.27. The highest BCUT2D eigenvalue weighted by atomic mass is 35.5. The number of rotatable bonds is 1. The summed E-state index contributed by atoms with van der Waals surface area (Å²) in [6.45, 7) is 3.66. The van der Waals surface area contributed by atoms with Crippen LogP contribution in [0.1, 0.15) is 5.69 Å². The maximum atomic E-state index is 4.46. The molecule has 7 heteroatoms. The maximum Gasteiger partial charge on any atom is 0.230 e. The number of aliphatic imine (C=N–C) groups is 1. The molecule has 19 heavy (non-hydrogen) atoms. The van der Waals surface area contributed by atoms with Gasteiger partial charge in [-0.3, -0.25) is 10.3 Å². The smallest absolute Gasteiger partial charge is 0.230 e. The molecule has 3 rings (SSSR count). The van der Waals surface area contributed by atoms with Crippen molar-refractivity contribution >= 4 is 35.2 Å². The minimum atomic E-state index is 0. The van der Waals surface area contributed by atoms with Crippen LogP contribution in [-0.2, 0) is 0 Å². The SMILES string of the molecule is Cc1nc(NC2=NCCN2)nc2ccccc12.Cl.O. The topological polar surface area (TPSA) is 93.7 Å². The fourth-order valence-corrected chi connectivity index (χ4v) is 1.88. The molecule has 0 unspecified atom stereocenters. The molecule has 0 atom stereocenters. The van der Waals surface area contributed by atoms with Gasteiger partial charge in [-0.15, -0.1) is 12.4 Å². The second-order valence-corrected chi connectivity index (χ2v) is 3.93. The van der Waals surface area contributed by atoms with Crippen molar-refractivity contribution in [1.82, 2.24) is 15.3 Å². The van der Waals surface area contributed by atoms with E-state index in [0.29, 0.717) is 5.95 Å². The highest BCUT2D eigenvalue weighted by molar-refractivity contribution is 5.94. The largest absolute Gasteiger partial charge is 0.412 e. The molecule has 0 saturated carbocycles. The molecular weight excluding hydrogens is 266 g/mol. The van der Waals surface area contributed by atoms with Crippen molar-refractivity contribution in [2.75, 3.05) is 18.4 Å². The number of para-hydroxylation sites is 1. The number of anilines is 1. The van der Waals surface area contributed by atoms with Gasteiger partial charge < -0.3 is 10.8 Å². The molecule has 1 aromatic carbocycles. The number of guanidine groups is 1. The van der Waals surface area contributed by atoms with Crippen LogP contribution >= 0.6 is 12.4 Å². The highest BCUT2D eigenvalue weighted by Gasteiger charge is 2.08. The zero-order valence-corrected chi connectivity index (χ0v) is 11.3. The Labute approximate surface area is 117 Å². The Morgan fingerprint density at radius 2 is 2.00 bits per heavy atom. The van der Waals surface area contributed by atoms with E-state index in [1.807, 2.05) is 31.2 Å². The van der Waals surface area contributed by atoms with Crippen LogP contribution in [0.15, 0.2) is 29.3 Å². The summed E-state index contributed by atoms with van der Waals surface area (Å²) >= 11 is 0. The Morgan fingerprint density at radius 3 is 2.74 bits per heavy atom. The molecule has 0 bridgehead atoms. The first-order valence-electron chi connectivity index (χ1n) is 5.62. The lowest BCUT2D eigenvalue weighted by atomic mass is 10.2. The first kappa shape index (κ1) is 15.1. The zero-order valence-electron chi connectivity index (χ0n) is 10.5. The van der Waals surface area contributed by atoms with Gasteiger partial charge in [0.15, 0.2) is 5.96 Å². The molecule has 2 heterocycles. The van der Waals surface area contributed by atoms with Crippen molar-refractivity contribution in [3.05, 3.63) is 30.0 Å². The Balaban J connectivity index is 0.000000902. The first-order chi connectivity index (χ1) is 8.33. The second-order valence-electron chi connectivity index (χ2n) is 3.93. The summed E-state index contributed by atoms with van der Waals surface area (Å²) in [6.07, 6.45) is 0. The van der Waals surface area contributed by atoms with Gasteiger partial charge in [-0.05, 0) is 13.0 Å². The summed E-state index contributed by atoms with van der Waals surface area (Å²) in [6, 6.07) is 7.98. The number of fused-ring (bicyclic) bond motifs is 1. The molecule has 102 valence electrons. The quantitative estimate of drug-likeness (QED) is 0.812. The number of nitrogens with one attached hydrogen (secondary N) is 2. The Kier molecular flexibility index (Phi) is 5.02. The normalized spacial score (nSPS) is 13.0. The standard InChI is InChI=1S/C12H13N5.ClH.H2O/c1-8-9-4-2-3-5-10(9)16-12(15-8)17-11-13-6-7-14-11;;/h2-5H,6-7H2,1H3,(H2,13,14,15,16,17);1H;1H2. The van der Waals surface area contributed by atoms with Gasteiger partial charge in [0, 0.05) is 11.9 Å². The van der Waals surface area contributed by atoms with Crippen molar-refractivity contribution in [1.29, 1.82) is 0 Å². The molecule has 0 amide bonds. The lowest BCUT2D eigenvalue weighted by Gasteiger charge is -2.07. The van der Waals surface area contributed by atoms with E-state index < -0.39 is 0 Å². The molecule has 0 saturated heterocycles. The van der Waals surface area contributed by atoms with E-state index in [1.165, 1.54) is 0 Å². The summed E-state index contributed by atoms with van der Waals surface area (Å²) in [5, 5.41) is 7.30. The monoisotopic (exact) mass is 281 g/mol. The van der Waals surface area contributed by atoms with Crippen LogP contribution in [0.2, 0.25) is 0 Å². The number of nitrogens with zero attached hydrogens (tertiary/aromatic N) is 3. The van der Waals surface area contributed by atoms with Gasteiger partial charge in [0.25, 0.3) is 0 Å². The van der Waals surface area contributed by atoms with E-state index in [-0.39, 0.29) is 17.9 Å². The summed E-state index contributed by atoms with van der Waals surface area (Å²) in [7, 11) is 0. The van der Waals surface area contributed by atoms with Gasteiger partial charge in [0.05, 0.1) is 17.8 Å². The van der Waals surface area contributed by atoms with Crippen molar-refractivity contribution < 1.29 is 5.48 Å². The number of aromatic nitrogens is 2. The highest BCUT2D eigenvalue weighted by Crippen LogP contribution is 2.16. The number of benzene rings is 1. The molecule has 0 radical (unpaired) electrons. The van der Waals surface area contributed by atoms with Gasteiger partial charge in [-0.25, -0.2) is 9.97 Å². The summed E-state index contributed by atoms with van der Waals surface area (Å²) in [4.78, 5) is 13.1. The van der Waals surface area contributed by atoms with Crippen LogP contribution < -0.4 is 10.6 Å². The minimum Gasteiger partial charge on any atom is -0.412 e. The Bertz CT molecular complexity index is 602. The summed E-state index contributed by atoms with van der Waals surface area (Å²) < 4.78 is 0. The number of hydrogen-bond acceptors (Lipinski definition) is 5. The van der Waals surface area contributed by atoms with Crippen LogP contribution in [-0.4, -0.2) is 34.5 Å². The van der Waals surface area contributed by atoms with Crippen molar-refractivity contribution in [3.8, 4) is 0 Å². The van der Waals surface area contributed by atoms with E-state index in [9.17, 15) is 0 Å². The molecule has 4 N–H and O–H groups in total. The van der Waals surface area contributed by atoms with E-state index in [0.717, 1.165) is 35.6 Å². The molecule has 0 aliphatic carbocycles. The molecule has 1 aliphatic rings. The Morgan fingerprint density at radius 1 is 1.21 bits per heavy atom. The van der Waals surface area contributed by atoms with E-state index in [4.69, 9.17) is 0 Å². The molecule has 6 nitrogen and oxygen atoms in total. The lowest BCUT2D eigenvalue weighted by molar-refractivity contribution is 0.824. The van der Waals surface area contributed by atoms with Gasteiger partial charge in [-0.1, -0.05) is 18.2 Å². The number of halogens is 1. The summed E-state index contributed by atoms with van der Waals surface area (Å²) in [5.74, 6) is 1.34. The van der Waals surface area contributed by atoms with Gasteiger partial charge in [0.1, 0.15) is 0 Å². The van der Waals surface area contributed by atoms with Crippen molar-refractivity contribution in [2.24, 2.45) is 4.99 Å². The third-order valence-corrected chi connectivity index (χ3v) is 2.70. The first-order valence-corrected chi connectivity index (χ1v) is 5.62. The van der Waals surface area contributed by atoms with Crippen molar-refractivity contribution in [2.45, 2.75) is 6.92 Å². The van der Waals surface area contributed by atoms with Gasteiger partial charge in [0.2, 0.25) is 5.95 Å². The second kappa shape index (κ2) is 6.31. The van der Waals surface area contributed by atoms with Crippen LogP contribution in [0, 0.1) is 6.92 Å². The van der Waals surface area contributed by atoms with Crippen molar-refractivity contribution in [3.63, 3.8) is 0 Å². The molecular formula is C12H16ClN5O. The third-order valence-electron chi connectivity index (χ3n) is 2.70. The molecule has 1 aromatic heterocycles. The molecule has 0 fully saturated rings. The molecule has 1 aliphatic heterocycles. The average molecular weight is 282 g/mol. The van der Waals surface area contributed by atoms with Gasteiger partial charge in [-0.2, -0.15) is 0 Å². The van der Waals surface area contributed by atoms with Gasteiger partial charge >= 0.3 is 0 Å². The number of aryl methyl sites for hydroxylation is 1. The predicted octanol–water partition coefficient (Wildman–Crippen LogP) is 0.906. The molecule has 2 aromatic rings. The van der Waals surface area contributed by atoms with Crippen LogP contribution in [0.25, 0.3) is 10.9 Å². The van der Waals surface area contributed by atoms with Crippen LogP contribution in [0.5, 0.6) is 0 Å². The zero-order chi connectivity index (χ0) is 11.7.